The van der Waals surface area contributed by atoms with Gasteiger partial charge in [-0.3, -0.25) is 9.59 Å². The van der Waals surface area contributed by atoms with Crippen molar-refractivity contribution >= 4 is 11.9 Å². The summed E-state index contributed by atoms with van der Waals surface area (Å²) in [6.45, 7) is 6.87. The highest BCUT2D eigenvalue weighted by atomic mass is 16.4. The van der Waals surface area contributed by atoms with Gasteiger partial charge in [0, 0.05) is 12.5 Å². The van der Waals surface area contributed by atoms with Gasteiger partial charge < -0.3 is 10.4 Å². The summed E-state index contributed by atoms with van der Waals surface area (Å²) in [5.41, 5.74) is 0.338. The number of hydrogen-bond acceptors (Lipinski definition) is 2. The summed E-state index contributed by atoms with van der Waals surface area (Å²) < 4.78 is 0. The molecule has 1 amide bonds. The molecular weight excluding hydrogens is 266 g/mol. The van der Waals surface area contributed by atoms with E-state index in [0.717, 1.165) is 19.3 Å². The van der Waals surface area contributed by atoms with Crippen LogP contribution in [-0.4, -0.2) is 23.0 Å². The molecule has 0 spiro atoms. The number of amides is 1. The monoisotopic (exact) mass is 295 g/mol. The zero-order chi connectivity index (χ0) is 15.6. The lowest BCUT2D eigenvalue weighted by Gasteiger charge is -2.38. The van der Waals surface area contributed by atoms with Gasteiger partial charge in [0.05, 0.1) is 5.92 Å². The van der Waals surface area contributed by atoms with Crippen LogP contribution in [-0.2, 0) is 9.59 Å². The van der Waals surface area contributed by atoms with Crippen LogP contribution in [0.25, 0.3) is 0 Å². The van der Waals surface area contributed by atoms with E-state index in [0.29, 0.717) is 36.5 Å². The zero-order valence-corrected chi connectivity index (χ0v) is 13.5. The lowest BCUT2D eigenvalue weighted by Crippen LogP contribution is -2.36. The van der Waals surface area contributed by atoms with E-state index in [1.54, 1.807) is 0 Å². The molecule has 0 aliphatic heterocycles. The Labute approximate surface area is 127 Å². The minimum absolute atomic E-state index is 0.0626. The largest absolute Gasteiger partial charge is 0.481 e. The molecule has 4 nitrogen and oxygen atoms in total. The standard InChI is InChI=1S/C17H29NO3/c1-11-6-12(10-17(2,3)9-11)7-15(19)18-14-5-4-13(8-14)16(20)21/h11-14H,4-10H2,1-3H3,(H,18,19)(H,20,21)/t11?,12?,13-,14+/m1/s1. The van der Waals surface area contributed by atoms with E-state index in [4.69, 9.17) is 5.11 Å². The predicted octanol–water partition coefficient (Wildman–Crippen LogP) is 3.21. The molecule has 2 aliphatic carbocycles. The fraction of sp³-hybridized carbons (Fsp3) is 0.882. The summed E-state index contributed by atoms with van der Waals surface area (Å²) >= 11 is 0. The molecule has 0 saturated heterocycles. The highest BCUT2D eigenvalue weighted by Crippen LogP contribution is 2.42. The Morgan fingerprint density at radius 1 is 1.19 bits per heavy atom. The van der Waals surface area contributed by atoms with Gasteiger partial charge in [0.15, 0.2) is 0 Å². The van der Waals surface area contributed by atoms with Crippen molar-refractivity contribution in [3.05, 3.63) is 0 Å². The first-order chi connectivity index (χ1) is 9.75. The molecule has 0 aromatic rings. The van der Waals surface area contributed by atoms with Crippen LogP contribution in [0.4, 0.5) is 0 Å². The molecule has 0 aromatic heterocycles. The van der Waals surface area contributed by atoms with Crippen LogP contribution in [0.3, 0.4) is 0 Å². The maximum Gasteiger partial charge on any atom is 0.306 e. The van der Waals surface area contributed by atoms with Crippen LogP contribution in [0, 0.1) is 23.2 Å². The Bertz CT molecular complexity index is 405. The predicted molar refractivity (Wildman–Crippen MR) is 81.8 cm³/mol. The van der Waals surface area contributed by atoms with Crippen molar-refractivity contribution in [1.29, 1.82) is 0 Å². The summed E-state index contributed by atoms with van der Waals surface area (Å²) in [6, 6.07) is 0.0626. The number of carboxylic acid groups (broad SMARTS) is 1. The summed E-state index contributed by atoms with van der Waals surface area (Å²) in [7, 11) is 0. The van der Waals surface area contributed by atoms with Crippen molar-refractivity contribution in [3.63, 3.8) is 0 Å². The van der Waals surface area contributed by atoms with Crippen molar-refractivity contribution < 1.29 is 14.7 Å². The molecule has 120 valence electrons. The SMILES string of the molecule is CC1CC(CC(=O)N[C@H]2CC[C@@H](C(=O)O)C2)CC(C)(C)C1. The van der Waals surface area contributed by atoms with Gasteiger partial charge in [-0.25, -0.2) is 0 Å². The third-order valence-electron chi connectivity index (χ3n) is 5.10. The molecule has 4 heteroatoms. The van der Waals surface area contributed by atoms with Crippen molar-refractivity contribution in [1.82, 2.24) is 5.32 Å². The fourth-order valence-corrected chi connectivity index (χ4v) is 4.59. The first-order valence-electron chi connectivity index (χ1n) is 8.27. The normalized spacial score (nSPS) is 35.4. The van der Waals surface area contributed by atoms with E-state index in [2.05, 4.69) is 26.1 Å². The Hall–Kier alpha value is -1.06. The van der Waals surface area contributed by atoms with E-state index in [9.17, 15) is 9.59 Å². The van der Waals surface area contributed by atoms with Crippen LogP contribution >= 0.6 is 0 Å². The Morgan fingerprint density at radius 3 is 2.48 bits per heavy atom. The van der Waals surface area contributed by atoms with Crippen molar-refractivity contribution in [2.45, 2.75) is 71.8 Å². The lowest BCUT2D eigenvalue weighted by atomic mass is 9.67. The molecule has 0 heterocycles. The molecule has 0 bridgehead atoms. The van der Waals surface area contributed by atoms with Gasteiger partial charge in [-0.15, -0.1) is 0 Å². The van der Waals surface area contributed by atoms with E-state index in [-0.39, 0.29) is 17.9 Å². The van der Waals surface area contributed by atoms with E-state index in [1.807, 2.05) is 0 Å². The highest BCUT2D eigenvalue weighted by molar-refractivity contribution is 5.77. The number of rotatable bonds is 4. The third-order valence-corrected chi connectivity index (χ3v) is 5.10. The van der Waals surface area contributed by atoms with Gasteiger partial charge in [-0.1, -0.05) is 20.8 Å². The average Bonchev–Trinajstić information content (AvgIpc) is 2.74. The number of carboxylic acids is 1. The van der Waals surface area contributed by atoms with Crippen LogP contribution in [0.1, 0.15) is 65.7 Å². The van der Waals surface area contributed by atoms with Gasteiger partial charge in [0.2, 0.25) is 5.91 Å². The molecule has 2 rings (SSSR count). The molecule has 2 unspecified atom stereocenters. The first-order valence-corrected chi connectivity index (χ1v) is 8.27. The van der Waals surface area contributed by atoms with Gasteiger partial charge in [0.25, 0.3) is 0 Å². The van der Waals surface area contributed by atoms with Crippen molar-refractivity contribution in [2.75, 3.05) is 0 Å². The number of carbonyl (C=O) groups excluding carboxylic acids is 1. The minimum atomic E-state index is -0.727. The van der Waals surface area contributed by atoms with Crippen LogP contribution in [0.2, 0.25) is 0 Å². The van der Waals surface area contributed by atoms with Crippen molar-refractivity contribution in [2.24, 2.45) is 23.2 Å². The molecule has 2 aliphatic rings. The third kappa shape index (κ3) is 4.72. The molecular formula is C17H29NO3. The molecule has 0 aromatic carbocycles. The number of nitrogens with one attached hydrogen (secondary N) is 1. The van der Waals surface area contributed by atoms with Gasteiger partial charge >= 0.3 is 5.97 Å². The molecule has 0 radical (unpaired) electrons. The zero-order valence-electron chi connectivity index (χ0n) is 13.5. The molecule has 2 N–H and O–H groups in total. The summed E-state index contributed by atoms with van der Waals surface area (Å²) in [4.78, 5) is 23.1. The van der Waals surface area contributed by atoms with E-state index >= 15 is 0 Å². The fourth-order valence-electron chi connectivity index (χ4n) is 4.59. The molecule has 4 atom stereocenters. The topological polar surface area (TPSA) is 66.4 Å². The van der Waals surface area contributed by atoms with Crippen LogP contribution in [0.15, 0.2) is 0 Å². The maximum absolute atomic E-state index is 12.2. The van der Waals surface area contributed by atoms with Crippen molar-refractivity contribution in [3.8, 4) is 0 Å². The Morgan fingerprint density at radius 2 is 1.90 bits per heavy atom. The second-order valence-electron chi connectivity index (χ2n) is 8.10. The Kier molecular flexibility index (Phi) is 4.95. The van der Waals surface area contributed by atoms with Gasteiger partial charge in [0.1, 0.15) is 0 Å². The summed E-state index contributed by atoms with van der Waals surface area (Å²) in [6.07, 6.45) is 6.18. The summed E-state index contributed by atoms with van der Waals surface area (Å²) in [5.74, 6) is 0.273. The van der Waals surface area contributed by atoms with E-state index < -0.39 is 5.97 Å². The minimum Gasteiger partial charge on any atom is -0.481 e. The highest BCUT2D eigenvalue weighted by Gasteiger charge is 2.34. The lowest BCUT2D eigenvalue weighted by molar-refractivity contribution is -0.141. The maximum atomic E-state index is 12.2. The van der Waals surface area contributed by atoms with Crippen LogP contribution < -0.4 is 5.32 Å². The Balaban J connectivity index is 1.78. The average molecular weight is 295 g/mol. The van der Waals surface area contributed by atoms with E-state index in [1.165, 1.54) is 6.42 Å². The number of carbonyl (C=O) groups is 2. The van der Waals surface area contributed by atoms with Gasteiger partial charge in [-0.2, -0.15) is 0 Å². The van der Waals surface area contributed by atoms with Crippen LogP contribution in [0.5, 0.6) is 0 Å². The number of aliphatic carboxylic acids is 1. The molecule has 2 fully saturated rings. The quantitative estimate of drug-likeness (QED) is 0.837. The molecule has 21 heavy (non-hydrogen) atoms. The second kappa shape index (κ2) is 6.37. The smallest absolute Gasteiger partial charge is 0.306 e. The number of hydrogen-bond donors (Lipinski definition) is 2. The summed E-state index contributed by atoms with van der Waals surface area (Å²) in [5, 5.41) is 12.1. The first kappa shape index (κ1) is 16.3. The van der Waals surface area contributed by atoms with Gasteiger partial charge in [-0.05, 0) is 55.8 Å². The molecule has 2 saturated carbocycles. The second-order valence-corrected chi connectivity index (χ2v) is 8.10.